The maximum Gasteiger partial charge on any atom is 0.265 e. The molecule has 0 radical (unpaired) electrons. The molecular weight excluding hydrogens is 426 g/mol. The van der Waals surface area contributed by atoms with E-state index in [1.165, 1.54) is 0 Å². The molecule has 2 heterocycles. The Bertz CT molecular complexity index is 1540. The fraction of sp³-hybridized carbons (Fsp3) is 0.111. The van der Waals surface area contributed by atoms with Crippen LogP contribution >= 0.6 is 0 Å². The molecule has 0 aliphatic rings. The van der Waals surface area contributed by atoms with Gasteiger partial charge in [0.15, 0.2) is 0 Å². The van der Waals surface area contributed by atoms with E-state index in [1.807, 2.05) is 54.7 Å². The van der Waals surface area contributed by atoms with E-state index in [1.54, 1.807) is 64.6 Å². The van der Waals surface area contributed by atoms with Gasteiger partial charge in [0.2, 0.25) is 0 Å². The van der Waals surface area contributed by atoms with Crippen LogP contribution in [0.2, 0.25) is 0 Å². The minimum atomic E-state index is -0.130. The van der Waals surface area contributed by atoms with Crippen molar-refractivity contribution < 1.29 is 4.79 Å². The molecular formula is C27H23N5O2. The lowest BCUT2D eigenvalue weighted by Crippen LogP contribution is -2.26. The molecule has 7 heteroatoms. The van der Waals surface area contributed by atoms with Crippen LogP contribution < -0.4 is 5.56 Å². The minimum absolute atomic E-state index is 0.111. The van der Waals surface area contributed by atoms with Crippen molar-refractivity contribution in [2.24, 2.45) is 0 Å². The van der Waals surface area contributed by atoms with E-state index >= 15 is 0 Å². The van der Waals surface area contributed by atoms with Crippen LogP contribution in [0.1, 0.15) is 21.7 Å². The number of hydrogen-bond acceptors (Lipinski definition) is 4. The number of rotatable bonds is 5. The second kappa shape index (κ2) is 8.78. The fourth-order valence-corrected chi connectivity index (χ4v) is 4.03. The average Bonchev–Trinajstić information content (AvgIpc) is 3.33. The van der Waals surface area contributed by atoms with Crippen molar-refractivity contribution in [2.75, 3.05) is 7.05 Å². The van der Waals surface area contributed by atoms with Crippen molar-refractivity contribution in [3.63, 3.8) is 0 Å². The molecule has 5 aromatic rings. The first-order valence-corrected chi connectivity index (χ1v) is 10.9. The lowest BCUT2D eigenvalue weighted by molar-refractivity contribution is 0.0785. The lowest BCUT2D eigenvalue weighted by atomic mass is 10.1. The molecule has 0 saturated carbocycles. The fourth-order valence-electron chi connectivity index (χ4n) is 4.03. The van der Waals surface area contributed by atoms with E-state index in [-0.39, 0.29) is 11.5 Å². The predicted molar refractivity (Wildman–Crippen MR) is 131 cm³/mol. The van der Waals surface area contributed by atoms with Crippen LogP contribution in [0.25, 0.3) is 22.3 Å². The number of fused-ring (bicyclic) bond motifs is 1. The molecule has 0 atom stereocenters. The normalized spacial score (nSPS) is 11.0. The Kier molecular flexibility index (Phi) is 5.51. The molecule has 3 aromatic carbocycles. The maximum absolute atomic E-state index is 13.0. The van der Waals surface area contributed by atoms with E-state index in [9.17, 15) is 9.59 Å². The first kappa shape index (κ1) is 21.3. The standard InChI is InChI=1S/C27H23N5O2/c1-19-29-25-11-7-6-10-24(25)27(34)32(19)23-14-12-21(13-15-23)26(33)30(2)17-20-16-28-31(18-20)22-8-4-3-5-9-22/h3-16,18H,17H2,1-2H3. The molecule has 0 unspecified atom stereocenters. The maximum atomic E-state index is 13.0. The summed E-state index contributed by atoms with van der Waals surface area (Å²) in [4.78, 5) is 32.2. The second-order valence-electron chi connectivity index (χ2n) is 8.15. The minimum Gasteiger partial charge on any atom is -0.337 e. The quantitative estimate of drug-likeness (QED) is 0.404. The molecule has 0 fully saturated rings. The highest BCUT2D eigenvalue weighted by atomic mass is 16.2. The van der Waals surface area contributed by atoms with Crippen molar-refractivity contribution in [2.45, 2.75) is 13.5 Å². The first-order chi connectivity index (χ1) is 16.5. The number of carbonyl (C=O) groups excluding carboxylic acids is 1. The number of carbonyl (C=O) groups is 1. The number of nitrogens with zero attached hydrogens (tertiary/aromatic N) is 5. The Morgan fingerprint density at radius 1 is 0.912 bits per heavy atom. The molecule has 1 amide bonds. The Labute approximate surface area is 196 Å². The SMILES string of the molecule is Cc1nc2ccccc2c(=O)n1-c1ccc(C(=O)N(C)Cc2cnn(-c3ccccc3)c2)cc1. The van der Waals surface area contributed by atoms with Crippen LogP contribution in [0.4, 0.5) is 0 Å². The van der Waals surface area contributed by atoms with Gasteiger partial charge in [-0.3, -0.25) is 14.2 Å². The summed E-state index contributed by atoms with van der Waals surface area (Å²) < 4.78 is 3.36. The van der Waals surface area contributed by atoms with Gasteiger partial charge in [-0.25, -0.2) is 9.67 Å². The number of aromatic nitrogens is 4. The smallest absolute Gasteiger partial charge is 0.265 e. The van der Waals surface area contributed by atoms with Crippen LogP contribution in [-0.4, -0.2) is 37.2 Å². The summed E-state index contributed by atoms with van der Waals surface area (Å²) in [5, 5.41) is 4.95. The summed E-state index contributed by atoms with van der Waals surface area (Å²) in [6.45, 7) is 2.23. The van der Waals surface area contributed by atoms with Gasteiger partial charge in [-0.15, -0.1) is 0 Å². The van der Waals surface area contributed by atoms with Crippen LogP contribution in [0.15, 0.2) is 96.1 Å². The predicted octanol–water partition coefficient (Wildman–Crippen LogP) is 4.15. The molecule has 0 saturated heterocycles. The van der Waals surface area contributed by atoms with Gasteiger partial charge < -0.3 is 4.90 Å². The van der Waals surface area contributed by atoms with Gasteiger partial charge >= 0.3 is 0 Å². The van der Waals surface area contributed by atoms with Crippen molar-refractivity contribution in [1.82, 2.24) is 24.2 Å². The van der Waals surface area contributed by atoms with Gasteiger partial charge in [0, 0.05) is 30.9 Å². The summed E-state index contributed by atoms with van der Waals surface area (Å²) in [6, 6.07) is 24.1. The number of hydrogen-bond donors (Lipinski definition) is 0. The summed E-state index contributed by atoms with van der Waals surface area (Å²) in [7, 11) is 1.76. The van der Waals surface area contributed by atoms with Crippen LogP contribution in [0.3, 0.4) is 0 Å². The molecule has 0 aliphatic carbocycles. The van der Waals surface area contributed by atoms with Gasteiger partial charge in [-0.2, -0.15) is 5.10 Å². The number of benzene rings is 3. The number of aryl methyl sites for hydroxylation is 1. The largest absolute Gasteiger partial charge is 0.337 e. The van der Waals surface area contributed by atoms with E-state index in [4.69, 9.17) is 0 Å². The topological polar surface area (TPSA) is 73.0 Å². The Morgan fingerprint density at radius 3 is 2.38 bits per heavy atom. The molecule has 0 spiro atoms. The van der Waals surface area contributed by atoms with E-state index in [2.05, 4.69) is 10.1 Å². The Hall–Kier alpha value is -4.52. The molecule has 5 rings (SSSR count). The van der Waals surface area contributed by atoms with Crippen molar-refractivity contribution in [3.8, 4) is 11.4 Å². The van der Waals surface area contributed by atoms with Gasteiger partial charge in [0.25, 0.3) is 11.5 Å². The Morgan fingerprint density at radius 2 is 1.62 bits per heavy atom. The molecule has 2 aromatic heterocycles. The average molecular weight is 450 g/mol. The summed E-state index contributed by atoms with van der Waals surface area (Å²) >= 11 is 0. The van der Waals surface area contributed by atoms with Gasteiger partial charge in [-0.1, -0.05) is 30.3 Å². The highest BCUT2D eigenvalue weighted by molar-refractivity contribution is 5.94. The first-order valence-electron chi connectivity index (χ1n) is 10.9. The van der Waals surface area contributed by atoms with Crippen LogP contribution in [-0.2, 0) is 6.54 Å². The molecule has 0 N–H and O–H groups in total. The molecule has 0 bridgehead atoms. The van der Waals surface area contributed by atoms with E-state index < -0.39 is 0 Å². The van der Waals surface area contributed by atoms with E-state index in [0.717, 1.165) is 11.3 Å². The zero-order valence-electron chi connectivity index (χ0n) is 18.9. The monoisotopic (exact) mass is 449 g/mol. The van der Waals surface area contributed by atoms with Crippen molar-refractivity contribution in [3.05, 3.63) is 119 Å². The number of amides is 1. The highest BCUT2D eigenvalue weighted by Crippen LogP contribution is 2.16. The second-order valence-corrected chi connectivity index (χ2v) is 8.15. The van der Waals surface area contributed by atoms with Crippen molar-refractivity contribution >= 4 is 16.8 Å². The zero-order chi connectivity index (χ0) is 23.7. The van der Waals surface area contributed by atoms with Gasteiger partial charge in [-0.05, 0) is 55.5 Å². The lowest BCUT2D eigenvalue weighted by Gasteiger charge is -2.17. The van der Waals surface area contributed by atoms with Crippen LogP contribution in [0.5, 0.6) is 0 Å². The van der Waals surface area contributed by atoms with Crippen molar-refractivity contribution in [1.29, 1.82) is 0 Å². The summed E-state index contributed by atoms with van der Waals surface area (Å²) in [6.07, 6.45) is 3.69. The van der Waals surface area contributed by atoms with E-state index in [0.29, 0.717) is 34.5 Å². The third kappa shape index (κ3) is 3.99. The summed E-state index contributed by atoms with van der Waals surface area (Å²) in [5.41, 5.74) is 3.65. The zero-order valence-corrected chi connectivity index (χ0v) is 18.9. The Balaban J connectivity index is 1.35. The molecule has 168 valence electrons. The van der Waals surface area contributed by atoms with Gasteiger partial charge in [0.1, 0.15) is 5.82 Å². The molecule has 0 aliphatic heterocycles. The van der Waals surface area contributed by atoms with Gasteiger partial charge in [0.05, 0.1) is 28.5 Å². The van der Waals surface area contributed by atoms with Crippen LogP contribution in [0, 0.1) is 6.92 Å². The number of para-hydroxylation sites is 2. The molecule has 34 heavy (non-hydrogen) atoms. The highest BCUT2D eigenvalue weighted by Gasteiger charge is 2.15. The summed E-state index contributed by atoms with van der Waals surface area (Å²) in [5.74, 6) is 0.482. The third-order valence-electron chi connectivity index (χ3n) is 5.74. The molecule has 7 nitrogen and oxygen atoms in total. The third-order valence-corrected chi connectivity index (χ3v) is 5.74.